The molecule has 0 saturated carbocycles. The fourth-order valence-electron chi connectivity index (χ4n) is 2.24. The molecule has 1 radical (unpaired) electrons. The maximum Gasteiger partial charge on any atom is 0.115 e. The molecule has 4 rings (SSSR count). The van der Waals surface area contributed by atoms with Gasteiger partial charge in [-0.15, -0.1) is 0 Å². The quantitative estimate of drug-likeness (QED) is 0.690. The predicted octanol–water partition coefficient (Wildman–Crippen LogP) is 2.92. The van der Waals surface area contributed by atoms with Crippen LogP contribution in [0.15, 0.2) is 48.5 Å². The molecule has 2 aliphatic heterocycles. The minimum Gasteiger partial charge on any atom is -0.601 e. The molecule has 0 atom stereocenters. The van der Waals surface area contributed by atoms with E-state index >= 15 is 0 Å². The topological polar surface area (TPSA) is 21.7 Å². The fourth-order valence-corrected chi connectivity index (χ4v) is 2.24. The number of nitrogens with zero attached hydrogens (tertiary/aromatic N) is 1. The first kappa shape index (κ1) is 11.5. The molecule has 0 fully saturated rings. The number of benzene rings is 2. The molecule has 0 spiro atoms. The van der Waals surface area contributed by atoms with E-state index in [4.69, 9.17) is 9.47 Å². The number of hydrogen-bond acceptors (Lipinski definition) is 3. The molecule has 0 aromatic heterocycles. The molecule has 2 aromatic rings. The van der Waals surface area contributed by atoms with Crippen LogP contribution in [0.3, 0.4) is 0 Å². The Morgan fingerprint density at radius 3 is 2.44 bits per heavy atom. The van der Waals surface area contributed by atoms with Crippen molar-refractivity contribution in [1.29, 1.82) is 0 Å². The van der Waals surface area contributed by atoms with Gasteiger partial charge in [0.1, 0.15) is 12.2 Å². The van der Waals surface area contributed by atoms with Gasteiger partial charge >= 0.3 is 0 Å². The van der Waals surface area contributed by atoms with Gasteiger partial charge in [0.05, 0.1) is 11.4 Å². The van der Waals surface area contributed by atoms with Gasteiger partial charge < -0.3 is 14.4 Å². The summed E-state index contributed by atoms with van der Waals surface area (Å²) < 4.78 is 11.4. The summed E-state index contributed by atoms with van der Waals surface area (Å²) in [6.07, 6.45) is 0.560. The standard InChI is InChI=1S/C14H10NO2.V/c1-3-7-12-10(5-1)9-15-11-6-2-4-8-13(11)17-14(15)16-12;/h1-8H,9H2;/q-1;. The van der Waals surface area contributed by atoms with Gasteiger partial charge in [0.25, 0.3) is 0 Å². The van der Waals surface area contributed by atoms with Crippen molar-refractivity contribution in [3.05, 3.63) is 60.5 Å². The van der Waals surface area contributed by atoms with Gasteiger partial charge in [-0.05, 0) is 18.2 Å². The van der Waals surface area contributed by atoms with Crippen molar-refractivity contribution in [3.63, 3.8) is 0 Å². The Hall–Kier alpha value is -1.58. The summed E-state index contributed by atoms with van der Waals surface area (Å²) in [6, 6.07) is 16.0. The van der Waals surface area contributed by atoms with E-state index in [1.54, 1.807) is 0 Å². The van der Waals surface area contributed by atoms with Crippen molar-refractivity contribution in [2.24, 2.45) is 0 Å². The van der Waals surface area contributed by atoms with Crippen LogP contribution in [-0.2, 0) is 25.1 Å². The number of para-hydroxylation sites is 3. The summed E-state index contributed by atoms with van der Waals surface area (Å²) >= 11 is 0. The molecule has 2 heterocycles. The van der Waals surface area contributed by atoms with E-state index < -0.39 is 0 Å². The predicted molar refractivity (Wildman–Crippen MR) is 63.6 cm³/mol. The average Bonchev–Trinajstić information content (AvgIpc) is 2.73. The SMILES string of the molecule is [V].c1ccc2c(c1)CN1c3ccccc3O[C-]1O2. The monoisotopic (exact) mass is 275 g/mol. The van der Waals surface area contributed by atoms with Gasteiger partial charge in [-0.3, -0.25) is 0 Å². The normalized spacial score (nSPS) is 15.7. The maximum absolute atomic E-state index is 5.76. The van der Waals surface area contributed by atoms with Gasteiger partial charge in [0.2, 0.25) is 0 Å². The van der Waals surface area contributed by atoms with Crippen molar-refractivity contribution in [2.45, 2.75) is 6.54 Å². The van der Waals surface area contributed by atoms with Crippen LogP contribution >= 0.6 is 0 Å². The van der Waals surface area contributed by atoms with E-state index in [1.165, 1.54) is 5.56 Å². The molecule has 0 N–H and O–H groups in total. The van der Waals surface area contributed by atoms with E-state index in [2.05, 4.69) is 11.0 Å². The number of hydrogen-bond donors (Lipinski definition) is 0. The van der Waals surface area contributed by atoms with E-state index in [0.717, 1.165) is 23.7 Å². The van der Waals surface area contributed by atoms with Crippen molar-refractivity contribution < 1.29 is 28.0 Å². The average molecular weight is 275 g/mol. The molecule has 0 bridgehead atoms. The Morgan fingerprint density at radius 2 is 1.56 bits per heavy atom. The van der Waals surface area contributed by atoms with E-state index in [1.807, 2.05) is 42.5 Å². The van der Waals surface area contributed by atoms with Crippen LogP contribution in [0.25, 0.3) is 0 Å². The number of anilines is 1. The first-order chi connectivity index (χ1) is 8.42. The van der Waals surface area contributed by atoms with Gasteiger partial charge in [-0.1, -0.05) is 30.3 Å². The van der Waals surface area contributed by atoms with Gasteiger partial charge in [0, 0.05) is 30.7 Å². The molecule has 4 heteroatoms. The Kier molecular flexibility index (Phi) is 2.73. The molecular formula is C14H10NO2V-. The first-order valence-electron chi connectivity index (χ1n) is 5.59. The second-order valence-electron chi connectivity index (χ2n) is 4.13. The molecule has 89 valence electrons. The van der Waals surface area contributed by atoms with Crippen LogP contribution < -0.4 is 14.4 Å². The Morgan fingerprint density at radius 1 is 0.889 bits per heavy atom. The Balaban J connectivity index is 0.000001000. The summed E-state index contributed by atoms with van der Waals surface area (Å²) in [6.45, 7) is 0.794. The third-order valence-electron chi connectivity index (χ3n) is 3.07. The molecular weight excluding hydrogens is 265 g/mol. The van der Waals surface area contributed by atoms with Gasteiger partial charge in [-0.2, -0.15) is 0 Å². The summed E-state index contributed by atoms with van der Waals surface area (Å²) in [5.41, 5.74) is 2.24. The smallest absolute Gasteiger partial charge is 0.115 e. The van der Waals surface area contributed by atoms with Crippen LogP contribution in [-0.4, -0.2) is 0 Å². The second kappa shape index (κ2) is 4.27. The van der Waals surface area contributed by atoms with E-state index in [9.17, 15) is 0 Å². The van der Waals surface area contributed by atoms with Crippen molar-refractivity contribution in [2.75, 3.05) is 4.90 Å². The van der Waals surface area contributed by atoms with Crippen LogP contribution in [0.1, 0.15) is 5.56 Å². The number of fused-ring (bicyclic) bond motifs is 4. The summed E-state index contributed by atoms with van der Waals surface area (Å²) in [5.74, 6) is 1.74. The fraction of sp³-hybridized carbons (Fsp3) is 0.0714. The van der Waals surface area contributed by atoms with E-state index in [0.29, 0.717) is 6.41 Å². The van der Waals surface area contributed by atoms with Crippen LogP contribution in [0.4, 0.5) is 5.69 Å². The second-order valence-corrected chi connectivity index (χ2v) is 4.13. The number of ether oxygens (including phenoxy) is 2. The molecule has 3 nitrogen and oxygen atoms in total. The first-order valence-corrected chi connectivity index (χ1v) is 5.59. The largest absolute Gasteiger partial charge is 0.601 e. The molecule has 2 aliphatic rings. The van der Waals surface area contributed by atoms with Crippen LogP contribution in [0.5, 0.6) is 11.5 Å². The Labute approximate surface area is 117 Å². The Bertz CT molecular complexity index is 582. The molecule has 18 heavy (non-hydrogen) atoms. The third-order valence-corrected chi connectivity index (χ3v) is 3.07. The molecule has 2 aromatic carbocycles. The van der Waals surface area contributed by atoms with Crippen LogP contribution in [0, 0.1) is 6.41 Å². The molecule has 0 aliphatic carbocycles. The van der Waals surface area contributed by atoms with Crippen molar-refractivity contribution in [3.8, 4) is 11.5 Å². The van der Waals surface area contributed by atoms with Crippen LogP contribution in [0.2, 0.25) is 0 Å². The summed E-state index contributed by atoms with van der Waals surface area (Å²) in [4.78, 5) is 2.05. The van der Waals surface area contributed by atoms with Crippen molar-refractivity contribution in [1.82, 2.24) is 0 Å². The minimum atomic E-state index is 0. The molecule has 0 unspecified atom stereocenters. The molecule has 0 amide bonds. The zero-order chi connectivity index (χ0) is 11.2. The number of rotatable bonds is 0. The maximum atomic E-state index is 5.76. The molecule has 0 saturated heterocycles. The van der Waals surface area contributed by atoms with Gasteiger partial charge in [-0.25, -0.2) is 0 Å². The van der Waals surface area contributed by atoms with E-state index in [-0.39, 0.29) is 18.6 Å². The third kappa shape index (κ3) is 1.59. The summed E-state index contributed by atoms with van der Waals surface area (Å²) in [7, 11) is 0. The van der Waals surface area contributed by atoms with Crippen molar-refractivity contribution >= 4 is 5.69 Å². The summed E-state index contributed by atoms with van der Waals surface area (Å²) in [5, 5.41) is 0. The minimum absolute atomic E-state index is 0. The zero-order valence-corrected chi connectivity index (χ0v) is 10.9. The van der Waals surface area contributed by atoms with Gasteiger partial charge in [0.15, 0.2) is 0 Å². The zero-order valence-electron chi connectivity index (χ0n) is 9.54.